The van der Waals surface area contributed by atoms with E-state index >= 15 is 0 Å². The van der Waals surface area contributed by atoms with Crippen LogP contribution in [0.5, 0.6) is 0 Å². The highest BCUT2D eigenvalue weighted by molar-refractivity contribution is 5.09. The Morgan fingerprint density at radius 2 is 1.87 bits per heavy atom. The normalized spacial score (nSPS) is 38.5. The summed E-state index contributed by atoms with van der Waals surface area (Å²) < 4.78 is 30.1. The second kappa shape index (κ2) is 10.9. The molecular formula is C24H40O6. The third kappa shape index (κ3) is 5.64. The molecule has 1 aliphatic carbocycles. The number of hydrogen-bond donors (Lipinski definition) is 1. The monoisotopic (exact) mass is 424 g/mol. The average Bonchev–Trinajstić information content (AvgIpc) is 3.43. The van der Waals surface area contributed by atoms with E-state index < -0.39 is 12.1 Å². The lowest BCUT2D eigenvalue weighted by atomic mass is 9.90. The summed E-state index contributed by atoms with van der Waals surface area (Å²) in [7, 11) is 0. The maximum atomic E-state index is 10.0. The summed E-state index contributed by atoms with van der Waals surface area (Å²) in [5, 5.41) is 10.0. The van der Waals surface area contributed by atoms with E-state index in [2.05, 4.69) is 19.1 Å². The first-order chi connectivity index (χ1) is 14.7. The van der Waals surface area contributed by atoms with Crippen molar-refractivity contribution >= 4 is 0 Å². The summed E-state index contributed by atoms with van der Waals surface area (Å²) in [6.07, 6.45) is 15.4. The van der Waals surface area contributed by atoms with E-state index in [0.717, 1.165) is 45.1 Å². The first-order valence-electron chi connectivity index (χ1n) is 12.3. The second-order valence-corrected chi connectivity index (χ2v) is 9.34. The first kappa shape index (κ1) is 22.7. The van der Waals surface area contributed by atoms with Crippen molar-refractivity contribution in [1.82, 2.24) is 0 Å². The summed E-state index contributed by atoms with van der Waals surface area (Å²) in [5.41, 5.74) is 0. The zero-order chi connectivity index (χ0) is 20.8. The van der Waals surface area contributed by atoms with Crippen molar-refractivity contribution in [3.05, 3.63) is 12.2 Å². The summed E-state index contributed by atoms with van der Waals surface area (Å²) in [5.74, 6) is -0.149. The van der Waals surface area contributed by atoms with Crippen molar-refractivity contribution in [1.29, 1.82) is 0 Å². The highest BCUT2D eigenvalue weighted by Crippen LogP contribution is 2.46. The zero-order valence-electron chi connectivity index (χ0n) is 18.5. The Labute approximate surface area is 181 Å². The van der Waals surface area contributed by atoms with Crippen molar-refractivity contribution in [2.75, 3.05) is 19.8 Å². The summed E-state index contributed by atoms with van der Waals surface area (Å²) in [4.78, 5) is 0. The minimum absolute atomic E-state index is 0.0508. The molecule has 0 aromatic heterocycles. The predicted molar refractivity (Wildman–Crippen MR) is 113 cm³/mol. The molecule has 6 atom stereocenters. The molecule has 0 amide bonds. The Kier molecular flexibility index (Phi) is 8.23. The van der Waals surface area contributed by atoms with Gasteiger partial charge in [0.05, 0.1) is 25.4 Å². The van der Waals surface area contributed by atoms with Gasteiger partial charge in [-0.15, -0.1) is 0 Å². The molecule has 6 heteroatoms. The number of aliphatic hydroxyl groups excluding tert-OH is 1. The van der Waals surface area contributed by atoms with E-state index in [4.69, 9.17) is 23.7 Å². The lowest BCUT2D eigenvalue weighted by Crippen LogP contribution is -2.32. The van der Waals surface area contributed by atoms with Crippen LogP contribution in [-0.2, 0) is 23.7 Å². The van der Waals surface area contributed by atoms with Gasteiger partial charge in [0.2, 0.25) is 0 Å². The Bertz CT molecular complexity index is 540. The third-order valence-electron chi connectivity index (χ3n) is 7.11. The van der Waals surface area contributed by atoms with Crippen LogP contribution >= 0.6 is 0 Å². The molecule has 3 aliphatic heterocycles. The first-order valence-corrected chi connectivity index (χ1v) is 12.3. The van der Waals surface area contributed by atoms with Crippen LogP contribution in [-0.4, -0.2) is 55.5 Å². The Balaban J connectivity index is 1.40. The molecular weight excluding hydrogens is 384 g/mol. The van der Waals surface area contributed by atoms with Crippen LogP contribution in [0, 0.1) is 11.8 Å². The minimum atomic E-state index is -0.658. The molecule has 0 spiro atoms. The predicted octanol–water partition coefficient (Wildman–Crippen LogP) is 4.30. The Hall–Kier alpha value is -0.500. The lowest BCUT2D eigenvalue weighted by molar-refractivity contribution is -0.196. The van der Waals surface area contributed by atoms with Crippen LogP contribution < -0.4 is 0 Å². The molecule has 6 nitrogen and oxygen atoms in total. The molecule has 1 saturated carbocycles. The van der Waals surface area contributed by atoms with Crippen LogP contribution in [0.25, 0.3) is 0 Å². The highest BCUT2D eigenvalue weighted by atomic mass is 16.7. The molecule has 2 unspecified atom stereocenters. The maximum Gasteiger partial charge on any atom is 0.187 e. The van der Waals surface area contributed by atoms with Crippen molar-refractivity contribution < 1.29 is 28.8 Å². The van der Waals surface area contributed by atoms with Gasteiger partial charge in [0, 0.05) is 31.8 Å². The maximum absolute atomic E-state index is 10.0. The van der Waals surface area contributed by atoms with Gasteiger partial charge in [-0.2, -0.15) is 0 Å². The lowest BCUT2D eigenvalue weighted by Gasteiger charge is -2.30. The van der Waals surface area contributed by atoms with Crippen LogP contribution in [0.4, 0.5) is 0 Å². The highest BCUT2D eigenvalue weighted by Gasteiger charge is 2.50. The van der Waals surface area contributed by atoms with E-state index in [0.29, 0.717) is 19.6 Å². The number of aliphatic hydroxyl groups is 1. The fourth-order valence-corrected chi connectivity index (χ4v) is 5.49. The molecule has 0 radical (unpaired) electrons. The minimum Gasteiger partial charge on any atom is -0.368 e. The van der Waals surface area contributed by atoms with Gasteiger partial charge < -0.3 is 28.8 Å². The topological polar surface area (TPSA) is 66.4 Å². The number of rotatable bonds is 10. The second-order valence-electron chi connectivity index (χ2n) is 9.34. The molecule has 4 rings (SSSR count). The molecule has 3 saturated heterocycles. The van der Waals surface area contributed by atoms with Crippen molar-refractivity contribution in [3.8, 4) is 0 Å². The van der Waals surface area contributed by atoms with Gasteiger partial charge in [0.15, 0.2) is 18.4 Å². The molecule has 4 fully saturated rings. The Morgan fingerprint density at radius 3 is 2.63 bits per heavy atom. The quantitative estimate of drug-likeness (QED) is 0.417. The Morgan fingerprint density at radius 1 is 1.03 bits per heavy atom. The van der Waals surface area contributed by atoms with E-state index in [1.165, 1.54) is 25.7 Å². The summed E-state index contributed by atoms with van der Waals surface area (Å²) in [6.45, 7) is 4.31. The number of fused-ring (bicyclic) bond motifs is 1. The van der Waals surface area contributed by atoms with Crippen molar-refractivity contribution in [2.45, 2.75) is 108 Å². The van der Waals surface area contributed by atoms with E-state index in [-0.39, 0.29) is 30.3 Å². The van der Waals surface area contributed by atoms with Crippen LogP contribution in [0.2, 0.25) is 0 Å². The summed E-state index contributed by atoms with van der Waals surface area (Å²) in [6, 6.07) is 0. The molecule has 1 N–H and O–H groups in total. The number of ether oxygens (including phenoxy) is 5. The largest absolute Gasteiger partial charge is 0.368 e. The van der Waals surface area contributed by atoms with Gasteiger partial charge in [-0.3, -0.25) is 0 Å². The number of hydrogen-bond acceptors (Lipinski definition) is 6. The molecule has 0 aromatic carbocycles. The van der Waals surface area contributed by atoms with Crippen LogP contribution in [0.15, 0.2) is 12.2 Å². The van der Waals surface area contributed by atoms with Gasteiger partial charge in [-0.05, 0) is 37.7 Å². The molecule has 30 heavy (non-hydrogen) atoms. The smallest absolute Gasteiger partial charge is 0.187 e. The molecule has 0 aromatic rings. The zero-order valence-corrected chi connectivity index (χ0v) is 18.5. The molecule has 0 bridgehead atoms. The molecule has 172 valence electrons. The summed E-state index contributed by atoms with van der Waals surface area (Å²) >= 11 is 0. The van der Waals surface area contributed by atoms with Gasteiger partial charge >= 0.3 is 0 Å². The SMILES string of the molecule is CCCCCCCC1(/C=C/[C@@H]2[C@H]3CC(O)O[C@H]3C[C@H]2OC2CCCCO2)OCCO1. The van der Waals surface area contributed by atoms with Gasteiger partial charge in [0.25, 0.3) is 0 Å². The van der Waals surface area contributed by atoms with Crippen LogP contribution in [0.1, 0.15) is 77.6 Å². The van der Waals surface area contributed by atoms with Gasteiger partial charge in [0.1, 0.15) is 0 Å². The standard InChI is InChI=1S/C24H40O6/c1-2-3-4-5-7-11-24(27-14-15-28-24)12-10-18-19-16-22(25)29-21(19)17-20(18)30-23-9-6-8-13-26-23/h10,12,18-23,25H,2-9,11,13-17H2,1H3/b12-10+/t18-,19-,20-,21+,22?,23?/m1/s1. The fourth-order valence-electron chi connectivity index (χ4n) is 5.49. The van der Waals surface area contributed by atoms with E-state index in [1.807, 2.05) is 0 Å². The number of unbranched alkanes of at least 4 members (excludes halogenated alkanes) is 4. The van der Waals surface area contributed by atoms with E-state index in [1.54, 1.807) is 0 Å². The van der Waals surface area contributed by atoms with Crippen molar-refractivity contribution in [3.63, 3.8) is 0 Å². The third-order valence-corrected chi connectivity index (χ3v) is 7.11. The van der Waals surface area contributed by atoms with Gasteiger partial charge in [-0.25, -0.2) is 0 Å². The van der Waals surface area contributed by atoms with Crippen molar-refractivity contribution in [2.24, 2.45) is 11.8 Å². The van der Waals surface area contributed by atoms with Gasteiger partial charge in [-0.1, -0.05) is 38.7 Å². The van der Waals surface area contributed by atoms with Crippen LogP contribution in [0.3, 0.4) is 0 Å². The average molecular weight is 425 g/mol. The molecule has 4 aliphatic rings. The fraction of sp³-hybridized carbons (Fsp3) is 0.917. The van der Waals surface area contributed by atoms with E-state index in [9.17, 15) is 5.11 Å². The molecule has 3 heterocycles.